The number of anilines is 1. The molecule has 0 saturated heterocycles. The highest BCUT2D eigenvalue weighted by molar-refractivity contribution is 6.30. The minimum Gasteiger partial charge on any atom is -0.451 e. The van der Waals surface area contributed by atoms with E-state index in [0.29, 0.717) is 10.6 Å². The van der Waals surface area contributed by atoms with E-state index in [-0.39, 0.29) is 16.9 Å². The molecule has 130 valence electrons. The van der Waals surface area contributed by atoms with Crippen molar-refractivity contribution in [1.29, 1.82) is 0 Å². The first kappa shape index (κ1) is 18.4. The van der Waals surface area contributed by atoms with E-state index in [1.807, 2.05) is 0 Å². The first-order valence-corrected chi connectivity index (χ1v) is 7.68. The summed E-state index contributed by atoms with van der Waals surface area (Å²) >= 11 is 5.77. The molecule has 0 spiro atoms. The topological polar surface area (TPSA) is 98.5 Å². The lowest BCUT2D eigenvalue weighted by molar-refractivity contribution is -0.384. The Morgan fingerprint density at radius 2 is 1.76 bits per heavy atom. The number of ether oxygens (including phenoxy) is 1. The SMILES string of the molecule is CNc1ccc(C(=O)O[C@H](C)C(=O)c2ccc(Cl)cc2)cc1[N+](=O)[O-]. The molecule has 0 fully saturated rings. The highest BCUT2D eigenvalue weighted by Gasteiger charge is 2.23. The minimum absolute atomic E-state index is 0.0125. The molecule has 0 radical (unpaired) electrons. The van der Waals surface area contributed by atoms with Gasteiger partial charge in [0.25, 0.3) is 5.69 Å². The van der Waals surface area contributed by atoms with Crippen molar-refractivity contribution in [3.05, 3.63) is 68.7 Å². The molecule has 0 aliphatic carbocycles. The monoisotopic (exact) mass is 362 g/mol. The number of ketones is 1. The van der Waals surface area contributed by atoms with Gasteiger partial charge in [-0.2, -0.15) is 0 Å². The van der Waals surface area contributed by atoms with Crippen LogP contribution in [0.1, 0.15) is 27.6 Å². The van der Waals surface area contributed by atoms with E-state index < -0.39 is 22.8 Å². The number of benzene rings is 2. The standard InChI is InChI=1S/C17H15ClN2O5/c1-10(16(21)11-3-6-13(18)7-4-11)25-17(22)12-5-8-14(19-2)15(9-12)20(23)24/h3-10,19H,1-2H3/t10-/m1/s1. The smallest absolute Gasteiger partial charge is 0.339 e. The molecule has 2 rings (SSSR count). The second kappa shape index (κ2) is 7.76. The Morgan fingerprint density at radius 1 is 1.16 bits per heavy atom. The lowest BCUT2D eigenvalue weighted by atomic mass is 10.1. The summed E-state index contributed by atoms with van der Waals surface area (Å²) < 4.78 is 5.13. The van der Waals surface area contributed by atoms with E-state index in [1.165, 1.54) is 38.2 Å². The van der Waals surface area contributed by atoms with Gasteiger partial charge in [0.2, 0.25) is 5.78 Å². The normalized spacial score (nSPS) is 11.5. The Morgan fingerprint density at radius 3 is 2.32 bits per heavy atom. The molecule has 0 amide bonds. The van der Waals surface area contributed by atoms with Gasteiger partial charge < -0.3 is 10.1 Å². The fraction of sp³-hybridized carbons (Fsp3) is 0.176. The Labute approximate surface area is 148 Å². The number of esters is 1. The number of nitrogens with zero attached hydrogens (tertiary/aromatic N) is 1. The van der Waals surface area contributed by atoms with E-state index in [4.69, 9.17) is 16.3 Å². The summed E-state index contributed by atoms with van der Waals surface area (Å²) in [5.74, 6) is -1.22. The summed E-state index contributed by atoms with van der Waals surface area (Å²) in [5, 5.41) is 14.2. The van der Waals surface area contributed by atoms with Gasteiger partial charge in [0.1, 0.15) is 5.69 Å². The molecule has 0 aliphatic heterocycles. The number of halogens is 1. The van der Waals surface area contributed by atoms with Crippen LogP contribution >= 0.6 is 11.6 Å². The van der Waals surface area contributed by atoms with E-state index in [0.717, 1.165) is 6.07 Å². The quantitative estimate of drug-likeness (QED) is 0.364. The molecule has 7 nitrogen and oxygen atoms in total. The van der Waals surface area contributed by atoms with E-state index in [1.54, 1.807) is 12.1 Å². The number of Topliss-reactive ketones (excluding diaryl/α,β-unsaturated/α-hetero) is 1. The number of nitrogens with one attached hydrogen (secondary N) is 1. The summed E-state index contributed by atoms with van der Waals surface area (Å²) in [6.45, 7) is 1.44. The lowest BCUT2D eigenvalue weighted by Crippen LogP contribution is -2.24. The van der Waals surface area contributed by atoms with Gasteiger partial charge >= 0.3 is 5.97 Å². The Balaban J connectivity index is 2.15. The van der Waals surface area contributed by atoms with Crippen LogP contribution in [0.3, 0.4) is 0 Å². The maximum absolute atomic E-state index is 12.3. The van der Waals surface area contributed by atoms with Gasteiger partial charge in [0.15, 0.2) is 6.10 Å². The van der Waals surface area contributed by atoms with Crippen LogP contribution in [0, 0.1) is 10.1 Å². The zero-order valence-corrected chi connectivity index (χ0v) is 14.2. The van der Waals surface area contributed by atoms with Crippen LogP contribution in [0.25, 0.3) is 0 Å². The van der Waals surface area contributed by atoms with Gasteiger partial charge in [-0.3, -0.25) is 14.9 Å². The third-order valence-electron chi connectivity index (χ3n) is 3.48. The van der Waals surface area contributed by atoms with Crippen LogP contribution in [-0.4, -0.2) is 29.8 Å². The average molecular weight is 363 g/mol. The molecule has 1 N–H and O–H groups in total. The van der Waals surface area contributed by atoms with Crippen molar-refractivity contribution in [3.8, 4) is 0 Å². The highest BCUT2D eigenvalue weighted by atomic mass is 35.5. The predicted octanol–water partition coefficient (Wildman–Crippen LogP) is 3.72. The van der Waals surface area contributed by atoms with Crippen molar-refractivity contribution >= 4 is 34.7 Å². The van der Waals surface area contributed by atoms with Crippen LogP contribution in [0.5, 0.6) is 0 Å². The van der Waals surface area contributed by atoms with Gasteiger partial charge in [-0.1, -0.05) is 11.6 Å². The van der Waals surface area contributed by atoms with Crippen LogP contribution in [0.15, 0.2) is 42.5 Å². The van der Waals surface area contributed by atoms with E-state index >= 15 is 0 Å². The molecule has 0 aromatic heterocycles. The number of carbonyl (C=O) groups is 2. The van der Waals surface area contributed by atoms with Crippen molar-refractivity contribution in [3.63, 3.8) is 0 Å². The van der Waals surface area contributed by atoms with E-state index in [9.17, 15) is 19.7 Å². The number of carbonyl (C=O) groups excluding carboxylic acids is 2. The second-order valence-corrected chi connectivity index (χ2v) is 5.59. The molecular formula is C17H15ClN2O5. The van der Waals surface area contributed by atoms with Gasteiger partial charge in [0, 0.05) is 23.7 Å². The molecule has 0 unspecified atom stereocenters. The summed E-state index contributed by atoms with van der Waals surface area (Å²) in [7, 11) is 1.53. The summed E-state index contributed by atoms with van der Waals surface area (Å²) in [6.07, 6.45) is -1.04. The molecule has 0 saturated carbocycles. The summed E-state index contributed by atoms with van der Waals surface area (Å²) in [6, 6.07) is 10.1. The van der Waals surface area contributed by atoms with Crippen LogP contribution < -0.4 is 5.32 Å². The van der Waals surface area contributed by atoms with Crippen LogP contribution in [-0.2, 0) is 4.74 Å². The minimum atomic E-state index is -1.04. The van der Waals surface area contributed by atoms with Gasteiger partial charge in [0.05, 0.1) is 10.5 Å². The van der Waals surface area contributed by atoms with Crippen molar-refractivity contribution in [2.24, 2.45) is 0 Å². The number of nitro benzene ring substituents is 1. The maximum atomic E-state index is 12.3. The first-order chi connectivity index (χ1) is 11.8. The highest BCUT2D eigenvalue weighted by Crippen LogP contribution is 2.25. The fourth-order valence-electron chi connectivity index (χ4n) is 2.15. The van der Waals surface area contributed by atoms with Crippen molar-refractivity contribution in [2.45, 2.75) is 13.0 Å². The molecule has 0 aliphatic rings. The molecule has 8 heteroatoms. The molecule has 2 aromatic rings. The molecule has 1 atom stereocenters. The average Bonchev–Trinajstić information content (AvgIpc) is 2.60. The molecule has 2 aromatic carbocycles. The number of nitro groups is 1. The largest absolute Gasteiger partial charge is 0.451 e. The zero-order chi connectivity index (χ0) is 18.6. The number of rotatable bonds is 6. The molecule has 25 heavy (non-hydrogen) atoms. The predicted molar refractivity (Wildman–Crippen MR) is 93.3 cm³/mol. The first-order valence-electron chi connectivity index (χ1n) is 7.30. The van der Waals surface area contributed by atoms with Crippen molar-refractivity contribution in [1.82, 2.24) is 0 Å². The van der Waals surface area contributed by atoms with E-state index in [2.05, 4.69) is 5.32 Å². The van der Waals surface area contributed by atoms with Gasteiger partial charge in [-0.25, -0.2) is 4.79 Å². The fourth-order valence-corrected chi connectivity index (χ4v) is 2.28. The molecule has 0 heterocycles. The zero-order valence-electron chi connectivity index (χ0n) is 13.5. The number of hydrogen-bond donors (Lipinski definition) is 1. The lowest BCUT2D eigenvalue weighted by Gasteiger charge is -2.13. The third kappa shape index (κ3) is 4.33. The van der Waals surface area contributed by atoms with Gasteiger partial charge in [-0.05, 0) is 43.3 Å². The van der Waals surface area contributed by atoms with Crippen LogP contribution in [0.4, 0.5) is 11.4 Å². The molecular weight excluding hydrogens is 348 g/mol. The van der Waals surface area contributed by atoms with Gasteiger partial charge in [-0.15, -0.1) is 0 Å². The maximum Gasteiger partial charge on any atom is 0.339 e. The Bertz CT molecular complexity index is 820. The second-order valence-electron chi connectivity index (χ2n) is 5.16. The van der Waals surface area contributed by atoms with Crippen molar-refractivity contribution in [2.75, 3.05) is 12.4 Å². The Hall–Kier alpha value is -2.93. The van der Waals surface area contributed by atoms with Crippen molar-refractivity contribution < 1.29 is 19.2 Å². The third-order valence-corrected chi connectivity index (χ3v) is 3.73. The molecule has 0 bridgehead atoms. The van der Waals surface area contributed by atoms with Crippen LogP contribution in [0.2, 0.25) is 5.02 Å². The summed E-state index contributed by atoms with van der Waals surface area (Å²) in [4.78, 5) is 34.9. The Kier molecular flexibility index (Phi) is 5.71. The number of hydrogen-bond acceptors (Lipinski definition) is 6. The summed E-state index contributed by atoms with van der Waals surface area (Å²) in [5.41, 5.74) is 0.350.